The van der Waals surface area contributed by atoms with Crippen molar-refractivity contribution in [3.05, 3.63) is 0 Å². The molecule has 2 unspecified atom stereocenters. The lowest BCUT2D eigenvalue weighted by molar-refractivity contribution is 0.148. The van der Waals surface area contributed by atoms with Gasteiger partial charge in [-0.1, -0.05) is 27.2 Å². The Morgan fingerprint density at radius 3 is 2.30 bits per heavy atom. The van der Waals surface area contributed by atoms with Crippen molar-refractivity contribution in [2.45, 2.75) is 79.2 Å². The second-order valence-corrected chi connectivity index (χ2v) is 8.25. The van der Waals surface area contributed by atoms with Crippen LogP contribution >= 0.6 is 0 Å². The molecule has 0 aromatic rings. The molecular weight excluding hydrogens is 244 g/mol. The Morgan fingerprint density at radius 2 is 1.75 bits per heavy atom. The summed E-state index contributed by atoms with van der Waals surface area (Å²) in [7, 11) is 0. The topological polar surface area (TPSA) is 15.3 Å². The van der Waals surface area contributed by atoms with Crippen LogP contribution in [-0.4, -0.2) is 36.6 Å². The van der Waals surface area contributed by atoms with Gasteiger partial charge < -0.3 is 10.2 Å². The molecule has 2 atom stereocenters. The van der Waals surface area contributed by atoms with E-state index in [0.717, 1.165) is 12.5 Å². The third-order valence-corrected chi connectivity index (χ3v) is 5.02. The summed E-state index contributed by atoms with van der Waals surface area (Å²) in [5.41, 5.74) is 0.627. The SMILES string of the molecule is CCC1CCCN(CC(C)(CC)CNC(C)(C)C)CC1. The Morgan fingerprint density at radius 1 is 1.05 bits per heavy atom. The van der Waals surface area contributed by atoms with E-state index >= 15 is 0 Å². The fraction of sp³-hybridized carbons (Fsp3) is 1.00. The second-order valence-electron chi connectivity index (χ2n) is 8.25. The minimum atomic E-state index is 0.225. The zero-order valence-corrected chi connectivity index (χ0v) is 14.9. The minimum Gasteiger partial charge on any atom is -0.311 e. The Hall–Kier alpha value is -0.0800. The molecule has 1 heterocycles. The van der Waals surface area contributed by atoms with Crippen molar-refractivity contribution in [3.63, 3.8) is 0 Å². The number of nitrogens with one attached hydrogen (secondary N) is 1. The summed E-state index contributed by atoms with van der Waals surface area (Å²) >= 11 is 0. The average Bonchev–Trinajstić information content (AvgIpc) is 2.61. The van der Waals surface area contributed by atoms with E-state index in [4.69, 9.17) is 0 Å². The molecule has 0 spiro atoms. The Bertz CT molecular complexity index is 269. The Labute approximate surface area is 127 Å². The van der Waals surface area contributed by atoms with Crippen molar-refractivity contribution in [1.29, 1.82) is 0 Å². The van der Waals surface area contributed by atoms with E-state index in [1.165, 1.54) is 51.7 Å². The van der Waals surface area contributed by atoms with Crippen LogP contribution in [0.15, 0.2) is 0 Å². The number of hydrogen-bond acceptors (Lipinski definition) is 2. The van der Waals surface area contributed by atoms with Crippen LogP contribution in [0.25, 0.3) is 0 Å². The molecule has 120 valence electrons. The fourth-order valence-corrected chi connectivity index (χ4v) is 3.10. The van der Waals surface area contributed by atoms with Gasteiger partial charge in [0.25, 0.3) is 0 Å². The first-order chi connectivity index (χ1) is 9.28. The van der Waals surface area contributed by atoms with Gasteiger partial charge >= 0.3 is 0 Å². The van der Waals surface area contributed by atoms with E-state index in [1.807, 2.05) is 0 Å². The Balaban J connectivity index is 2.49. The molecule has 1 fully saturated rings. The summed E-state index contributed by atoms with van der Waals surface area (Å²) in [5, 5.41) is 3.71. The lowest BCUT2D eigenvalue weighted by Gasteiger charge is -2.37. The highest BCUT2D eigenvalue weighted by Crippen LogP contribution is 2.26. The molecule has 0 aromatic heterocycles. The van der Waals surface area contributed by atoms with Gasteiger partial charge in [-0.15, -0.1) is 0 Å². The molecule has 0 amide bonds. The lowest BCUT2D eigenvalue weighted by atomic mass is 9.85. The minimum absolute atomic E-state index is 0.225. The molecule has 0 aliphatic carbocycles. The normalized spacial score (nSPS) is 25.2. The average molecular weight is 283 g/mol. The van der Waals surface area contributed by atoms with Gasteiger partial charge in [-0.05, 0) is 70.9 Å². The first kappa shape index (κ1) is 18.0. The molecule has 0 bridgehead atoms. The highest BCUT2D eigenvalue weighted by atomic mass is 15.1. The number of nitrogens with zero attached hydrogens (tertiary/aromatic N) is 1. The maximum atomic E-state index is 3.71. The van der Waals surface area contributed by atoms with Crippen molar-refractivity contribution < 1.29 is 0 Å². The lowest BCUT2D eigenvalue weighted by Crippen LogP contribution is -2.47. The van der Waals surface area contributed by atoms with Crippen LogP contribution in [0.2, 0.25) is 0 Å². The van der Waals surface area contributed by atoms with E-state index < -0.39 is 0 Å². The van der Waals surface area contributed by atoms with Crippen LogP contribution in [-0.2, 0) is 0 Å². The predicted octanol–water partition coefficient (Wildman–Crippen LogP) is 4.30. The van der Waals surface area contributed by atoms with Crippen LogP contribution in [0.1, 0.15) is 73.6 Å². The standard InChI is InChI=1S/C18H38N2/c1-7-16-10-9-12-20(13-11-16)15-18(6,8-2)14-19-17(3,4)5/h16,19H,7-15H2,1-6H3. The quantitative estimate of drug-likeness (QED) is 0.781. The van der Waals surface area contributed by atoms with E-state index in [0.29, 0.717) is 5.41 Å². The van der Waals surface area contributed by atoms with Gasteiger partial charge in [0.1, 0.15) is 0 Å². The van der Waals surface area contributed by atoms with Crippen molar-refractivity contribution in [2.24, 2.45) is 11.3 Å². The summed E-state index contributed by atoms with van der Waals surface area (Å²) < 4.78 is 0. The zero-order valence-electron chi connectivity index (χ0n) is 14.9. The van der Waals surface area contributed by atoms with E-state index in [-0.39, 0.29) is 5.54 Å². The molecule has 0 aromatic carbocycles. The molecule has 1 saturated heterocycles. The van der Waals surface area contributed by atoms with E-state index in [1.54, 1.807) is 0 Å². The third kappa shape index (κ3) is 6.58. The number of rotatable bonds is 6. The van der Waals surface area contributed by atoms with Gasteiger partial charge in [0.15, 0.2) is 0 Å². The van der Waals surface area contributed by atoms with Crippen LogP contribution in [0.4, 0.5) is 0 Å². The summed E-state index contributed by atoms with van der Waals surface area (Å²) in [6.07, 6.45) is 6.86. The predicted molar refractivity (Wildman–Crippen MR) is 90.2 cm³/mol. The molecule has 0 radical (unpaired) electrons. The van der Waals surface area contributed by atoms with Crippen molar-refractivity contribution >= 4 is 0 Å². The molecule has 2 nitrogen and oxygen atoms in total. The van der Waals surface area contributed by atoms with Gasteiger partial charge in [-0.2, -0.15) is 0 Å². The third-order valence-electron chi connectivity index (χ3n) is 5.02. The highest BCUT2D eigenvalue weighted by molar-refractivity contribution is 4.84. The maximum Gasteiger partial charge on any atom is 0.00967 e. The molecule has 2 heteroatoms. The summed E-state index contributed by atoms with van der Waals surface area (Å²) in [5.74, 6) is 0.973. The van der Waals surface area contributed by atoms with Crippen LogP contribution in [0.3, 0.4) is 0 Å². The maximum absolute atomic E-state index is 3.71. The van der Waals surface area contributed by atoms with Gasteiger partial charge in [0.05, 0.1) is 0 Å². The highest BCUT2D eigenvalue weighted by Gasteiger charge is 2.28. The monoisotopic (exact) mass is 282 g/mol. The molecule has 1 rings (SSSR count). The number of hydrogen-bond donors (Lipinski definition) is 1. The molecule has 1 aliphatic heterocycles. The largest absolute Gasteiger partial charge is 0.311 e. The summed E-state index contributed by atoms with van der Waals surface area (Å²) in [6, 6.07) is 0. The van der Waals surface area contributed by atoms with Gasteiger partial charge in [0, 0.05) is 18.6 Å². The van der Waals surface area contributed by atoms with E-state index in [2.05, 4.69) is 51.8 Å². The molecule has 20 heavy (non-hydrogen) atoms. The van der Waals surface area contributed by atoms with Crippen molar-refractivity contribution in [3.8, 4) is 0 Å². The molecule has 1 N–H and O–H groups in total. The van der Waals surface area contributed by atoms with Crippen molar-refractivity contribution in [2.75, 3.05) is 26.2 Å². The Kier molecular flexibility index (Phi) is 7.00. The first-order valence-corrected chi connectivity index (χ1v) is 8.75. The van der Waals surface area contributed by atoms with E-state index in [9.17, 15) is 0 Å². The second kappa shape index (κ2) is 7.79. The number of likely N-dealkylation sites (tertiary alicyclic amines) is 1. The van der Waals surface area contributed by atoms with Crippen molar-refractivity contribution in [1.82, 2.24) is 10.2 Å². The molecule has 1 aliphatic rings. The van der Waals surface area contributed by atoms with Crippen LogP contribution in [0.5, 0.6) is 0 Å². The van der Waals surface area contributed by atoms with Gasteiger partial charge in [0.2, 0.25) is 0 Å². The summed E-state index contributed by atoms with van der Waals surface area (Å²) in [6.45, 7) is 18.9. The smallest absolute Gasteiger partial charge is 0.00967 e. The zero-order chi connectivity index (χ0) is 15.2. The van der Waals surface area contributed by atoms with Gasteiger partial charge in [-0.3, -0.25) is 0 Å². The van der Waals surface area contributed by atoms with Crippen LogP contribution in [0, 0.1) is 11.3 Å². The summed E-state index contributed by atoms with van der Waals surface area (Å²) in [4.78, 5) is 2.73. The molecular formula is C18H38N2. The fourth-order valence-electron chi connectivity index (χ4n) is 3.10. The molecule has 0 saturated carbocycles. The van der Waals surface area contributed by atoms with Crippen LogP contribution < -0.4 is 5.32 Å². The van der Waals surface area contributed by atoms with Gasteiger partial charge in [-0.25, -0.2) is 0 Å². The first-order valence-electron chi connectivity index (χ1n) is 8.75.